The molecule has 0 heterocycles. The van der Waals surface area contributed by atoms with Crippen molar-refractivity contribution in [2.45, 2.75) is 6.92 Å². The summed E-state index contributed by atoms with van der Waals surface area (Å²) in [6.07, 6.45) is 0. The van der Waals surface area contributed by atoms with Crippen LogP contribution in [0.4, 0.5) is 0 Å². The molecule has 0 aromatic heterocycles. The van der Waals surface area contributed by atoms with Crippen molar-refractivity contribution in [2.75, 3.05) is 0 Å². The van der Waals surface area contributed by atoms with Gasteiger partial charge in [-0.25, -0.2) is 4.79 Å². The second-order valence-corrected chi connectivity index (χ2v) is 2.72. The summed E-state index contributed by atoms with van der Waals surface area (Å²) in [5.41, 5.74) is -0.139. The van der Waals surface area contributed by atoms with Crippen molar-refractivity contribution in [3.05, 3.63) is 29.8 Å². The van der Waals surface area contributed by atoms with Gasteiger partial charge in [-0.15, -0.1) is 0 Å². The summed E-state index contributed by atoms with van der Waals surface area (Å²) < 4.78 is 4.69. The molecule has 0 radical (unpaired) electrons. The van der Waals surface area contributed by atoms with Crippen molar-refractivity contribution in [3.63, 3.8) is 0 Å². The summed E-state index contributed by atoms with van der Waals surface area (Å²) in [7, 11) is 0. The van der Waals surface area contributed by atoms with Crippen LogP contribution in [0.5, 0.6) is 5.75 Å². The lowest BCUT2D eigenvalue weighted by molar-refractivity contribution is -0.133. The number of ketones is 1. The van der Waals surface area contributed by atoms with Crippen LogP contribution in [-0.2, 0) is 9.59 Å². The summed E-state index contributed by atoms with van der Waals surface area (Å²) in [5.74, 6) is -3.35. The lowest BCUT2D eigenvalue weighted by Crippen LogP contribution is -2.15. The predicted molar refractivity (Wildman–Crippen MR) is 49.7 cm³/mol. The number of hydrogen-bond donors (Lipinski definition) is 1. The molecule has 5 nitrogen and oxygen atoms in total. The van der Waals surface area contributed by atoms with Gasteiger partial charge in [0.15, 0.2) is 0 Å². The van der Waals surface area contributed by atoms with E-state index in [2.05, 4.69) is 0 Å². The molecule has 0 saturated heterocycles. The minimum atomic E-state index is -1.59. The van der Waals surface area contributed by atoms with Gasteiger partial charge < -0.3 is 9.84 Å². The van der Waals surface area contributed by atoms with Crippen LogP contribution < -0.4 is 4.74 Å². The first-order valence-electron chi connectivity index (χ1n) is 4.07. The van der Waals surface area contributed by atoms with E-state index < -0.39 is 17.7 Å². The van der Waals surface area contributed by atoms with E-state index in [4.69, 9.17) is 9.84 Å². The Labute approximate surface area is 85.3 Å². The minimum Gasteiger partial charge on any atom is -0.475 e. The van der Waals surface area contributed by atoms with Crippen molar-refractivity contribution >= 4 is 17.7 Å². The zero-order valence-electron chi connectivity index (χ0n) is 7.89. The lowest BCUT2D eigenvalue weighted by atomic mass is 10.1. The number of rotatable bonds is 3. The van der Waals surface area contributed by atoms with E-state index in [1.54, 1.807) is 0 Å². The lowest BCUT2D eigenvalue weighted by Gasteiger charge is -2.04. The Bertz CT molecular complexity index is 422. The van der Waals surface area contributed by atoms with E-state index in [0.29, 0.717) is 0 Å². The standard InChI is InChI=1S/C10H8O5/c1-6(11)15-8-5-3-2-4-7(8)9(12)10(13)14/h2-5H,1H3,(H,13,14). The molecule has 0 aliphatic heterocycles. The number of carboxylic acid groups (broad SMARTS) is 1. The van der Waals surface area contributed by atoms with Crippen molar-refractivity contribution in [1.82, 2.24) is 0 Å². The van der Waals surface area contributed by atoms with Gasteiger partial charge in [0, 0.05) is 6.92 Å². The smallest absolute Gasteiger partial charge is 0.377 e. The molecule has 78 valence electrons. The zero-order valence-corrected chi connectivity index (χ0v) is 7.89. The van der Waals surface area contributed by atoms with Gasteiger partial charge >= 0.3 is 11.9 Å². The maximum absolute atomic E-state index is 11.2. The van der Waals surface area contributed by atoms with Crippen molar-refractivity contribution < 1.29 is 24.2 Å². The second kappa shape index (κ2) is 4.36. The average molecular weight is 208 g/mol. The highest BCUT2D eigenvalue weighted by molar-refractivity contribution is 6.40. The van der Waals surface area contributed by atoms with E-state index in [-0.39, 0.29) is 11.3 Å². The Hall–Kier alpha value is -2.17. The molecular formula is C10H8O5. The summed E-state index contributed by atoms with van der Waals surface area (Å²) in [6, 6.07) is 5.67. The van der Waals surface area contributed by atoms with E-state index in [1.165, 1.54) is 31.2 Å². The monoisotopic (exact) mass is 208 g/mol. The Morgan fingerprint density at radius 1 is 1.20 bits per heavy atom. The van der Waals surface area contributed by atoms with Crippen LogP contribution in [0.3, 0.4) is 0 Å². The molecule has 1 N–H and O–H groups in total. The molecule has 0 bridgehead atoms. The maximum Gasteiger partial charge on any atom is 0.377 e. The van der Waals surface area contributed by atoms with Gasteiger partial charge in [0.05, 0.1) is 5.56 Å². The van der Waals surface area contributed by atoms with Crippen LogP contribution >= 0.6 is 0 Å². The number of esters is 1. The Morgan fingerprint density at radius 3 is 2.33 bits per heavy atom. The third-order valence-electron chi connectivity index (χ3n) is 1.58. The SMILES string of the molecule is CC(=O)Oc1ccccc1C(=O)C(=O)O. The number of carboxylic acids is 1. The van der Waals surface area contributed by atoms with Gasteiger partial charge in [0.25, 0.3) is 5.78 Å². The summed E-state index contributed by atoms with van der Waals surface area (Å²) in [5, 5.41) is 8.50. The molecule has 0 fully saturated rings. The van der Waals surface area contributed by atoms with Gasteiger partial charge in [-0.1, -0.05) is 12.1 Å². The molecule has 0 saturated carbocycles. The molecule has 5 heteroatoms. The Balaban J connectivity index is 3.11. The van der Waals surface area contributed by atoms with Gasteiger partial charge in [-0.05, 0) is 12.1 Å². The fourth-order valence-electron chi connectivity index (χ4n) is 1.01. The molecule has 1 aromatic carbocycles. The predicted octanol–water partition coefficient (Wildman–Crippen LogP) is 0.879. The molecule has 0 aliphatic carbocycles. The number of benzene rings is 1. The van der Waals surface area contributed by atoms with Crippen LogP contribution in [0, 0.1) is 0 Å². The van der Waals surface area contributed by atoms with Crippen LogP contribution in [0.15, 0.2) is 24.3 Å². The van der Waals surface area contributed by atoms with Crippen LogP contribution in [0.25, 0.3) is 0 Å². The molecule has 1 aromatic rings. The number of ether oxygens (including phenoxy) is 1. The quantitative estimate of drug-likeness (QED) is 0.345. The van der Waals surface area contributed by atoms with E-state index in [0.717, 1.165) is 0 Å². The fraction of sp³-hybridized carbons (Fsp3) is 0.100. The fourth-order valence-corrected chi connectivity index (χ4v) is 1.01. The second-order valence-electron chi connectivity index (χ2n) is 2.72. The molecule has 15 heavy (non-hydrogen) atoms. The topological polar surface area (TPSA) is 80.7 Å². The van der Waals surface area contributed by atoms with Crippen LogP contribution in [0.1, 0.15) is 17.3 Å². The van der Waals surface area contributed by atoms with E-state index in [9.17, 15) is 14.4 Å². The van der Waals surface area contributed by atoms with Gasteiger partial charge in [0.1, 0.15) is 5.75 Å². The molecule has 0 unspecified atom stereocenters. The van der Waals surface area contributed by atoms with Crippen molar-refractivity contribution in [2.24, 2.45) is 0 Å². The van der Waals surface area contributed by atoms with Gasteiger partial charge in [-0.3, -0.25) is 9.59 Å². The van der Waals surface area contributed by atoms with Crippen LogP contribution in [-0.4, -0.2) is 22.8 Å². The summed E-state index contributed by atoms with van der Waals surface area (Å²) in [4.78, 5) is 32.3. The largest absolute Gasteiger partial charge is 0.475 e. The number of para-hydroxylation sites is 1. The number of hydrogen-bond acceptors (Lipinski definition) is 4. The first kappa shape index (κ1) is 10.9. The van der Waals surface area contributed by atoms with Crippen molar-refractivity contribution in [1.29, 1.82) is 0 Å². The van der Waals surface area contributed by atoms with Crippen molar-refractivity contribution in [3.8, 4) is 5.75 Å². The third kappa shape index (κ3) is 2.63. The highest BCUT2D eigenvalue weighted by Crippen LogP contribution is 2.18. The highest BCUT2D eigenvalue weighted by Gasteiger charge is 2.19. The Kier molecular flexibility index (Phi) is 3.17. The van der Waals surface area contributed by atoms with Crippen LogP contribution in [0.2, 0.25) is 0 Å². The molecule has 1 rings (SSSR count). The number of Topliss-reactive ketones (excluding diaryl/α,β-unsaturated/α-hetero) is 1. The third-order valence-corrected chi connectivity index (χ3v) is 1.58. The number of carbonyl (C=O) groups is 3. The average Bonchev–Trinajstić information content (AvgIpc) is 2.16. The molecule has 0 atom stereocenters. The zero-order chi connectivity index (χ0) is 11.4. The first-order valence-corrected chi connectivity index (χ1v) is 4.07. The minimum absolute atomic E-state index is 0.0441. The number of carbonyl (C=O) groups excluding carboxylic acids is 2. The summed E-state index contributed by atoms with van der Waals surface area (Å²) >= 11 is 0. The van der Waals surface area contributed by atoms with E-state index in [1.807, 2.05) is 0 Å². The molecule has 0 amide bonds. The molecular weight excluding hydrogens is 200 g/mol. The summed E-state index contributed by atoms with van der Waals surface area (Å²) in [6.45, 7) is 1.17. The highest BCUT2D eigenvalue weighted by atomic mass is 16.5. The van der Waals surface area contributed by atoms with Gasteiger partial charge in [0.2, 0.25) is 0 Å². The molecule has 0 spiro atoms. The normalized spacial score (nSPS) is 9.40. The van der Waals surface area contributed by atoms with Gasteiger partial charge in [-0.2, -0.15) is 0 Å². The number of aliphatic carboxylic acids is 1. The first-order chi connectivity index (χ1) is 7.02. The maximum atomic E-state index is 11.2. The van der Waals surface area contributed by atoms with E-state index >= 15 is 0 Å². The Morgan fingerprint density at radius 2 is 1.80 bits per heavy atom. The molecule has 0 aliphatic rings.